The number of nitrogens with zero attached hydrogens (tertiary/aromatic N) is 1. The zero-order valence-corrected chi connectivity index (χ0v) is 14.4. The van der Waals surface area contributed by atoms with Crippen LogP contribution in [-0.4, -0.2) is 36.5 Å². The molecule has 3 rings (SSSR count). The minimum atomic E-state index is -0.945. The van der Waals surface area contributed by atoms with Gasteiger partial charge in [-0.2, -0.15) is 5.10 Å². The number of fused-ring (bicyclic) bond motifs is 1. The number of rotatable bonds is 5. The Kier molecular flexibility index (Phi) is 5.41. The normalized spacial score (nSPS) is 12.0. The molecule has 0 aromatic heterocycles. The van der Waals surface area contributed by atoms with E-state index in [1.165, 1.54) is 12.3 Å². The van der Waals surface area contributed by atoms with Crippen molar-refractivity contribution in [3.8, 4) is 23.0 Å². The van der Waals surface area contributed by atoms with Gasteiger partial charge in [-0.05, 0) is 42.8 Å². The Balaban J connectivity index is 1.54. The number of ether oxygens (including phenoxy) is 3. The van der Waals surface area contributed by atoms with E-state index in [1.54, 1.807) is 37.3 Å². The van der Waals surface area contributed by atoms with Crippen LogP contribution < -0.4 is 25.0 Å². The Hall–Kier alpha value is -3.75. The number of benzene rings is 2. The summed E-state index contributed by atoms with van der Waals surface area (Å²) in [6.07, 6.45) is 1.29. The molecule has 0 saturated heterocycles. The SMILES string of the molecule is CCOc1ccc(/C=N\NC(=O)C(=O)Nc2ccc3c(c2)OCO3)cc1O. The summed E-state index contributed by atoms with van der Waals surface area (Å²) in [4.78, 5) is 23.7. The maximum absolute atomic E-state index is 11.9. The number of phenolic OH excluding ortho intramolecular Hbond substituents is 1. The number of phenols is 1. The van der Waals surface area contributed by atoms with Crippen molar-refractivity contribution < 1.29 is 28.9 Å². The zero-order chi connectivity index (χ0) is 19.2. The maximum atomic E-state index is 11.9. The third-order valence-corrected chi connectivity index (χ3v) is 3.50. The first-order chi connectivity index (χ1) is 13.1. The minimum absolute atomic E-state index is 0.0484. The molecule has 2 amide bonds. The van der Waals surface area contributed by atoms with Crippen molar-refractivity contribution in [1.82, 2.24) is 5.43 Å². The Labute approximate surface area is 154 Å². The smallest absolute Gasteiger partial charge is 0.329 e. The van der Waals surface area contributed by atoms with E-state index in [1.807, 2.05) is 0 Å². The Morgan fingerprint density at radius 2 is 2.00 bits per heavy atom. The summed E-state index contributed by atoms with van der Waals surface area (Å²) in [5.41, 5.74) is 3.02. The molecule has 27 heavy (non-hydrogen) atoms. The molecule has 2 aromatic rings. The van der Waals surface area contributed by atoms with Gasteiger partial charge in [-0.15, -0.1) is 0 Å². The third-order valence-electron chi connectivity index (χ3n) is 3.50. The van der Waals surface area contributed by atoms with Gasteiger partial charge in [-0.25, -0.2) is 5.43 Å². The van der Waals surface area contributed by atoms with Crippen LogP contribution in [0.5, 0.6) is 23.0 Å². The molecule has 1 heterocycles. The van der Waals surface area contributed by atoms with Crippen LogP contribution in [0.2, 0.25) is 0 Å². The molecule has 140 valence electrons. The van der Waals surface area contributed by atoms with Gasteiger partial charge in [0, 0.05) is 11.8 Å². The summed E-state index contributed by atoms with van der Waals surface area (Å²) in [5, 5.41) is 15.9. The third kappa shape index (κ3) is 4.46. The van der Waals surface area contributed by atoms with E-state index in [0.29, 0.717) is 35.1 Å². The standard InChI is InChI=1S/C18H17N3O6/c1-2-25-14-5-3-11(7-13(14)22)9-19-21-18(24)17(23)20-12-4-6-15-16(8-12)27-10-26-15/h3-9,22H,2,10H2,1H3,(H,20,23)(H,21,24)/b19-9-. The Bertz CT molecular complexity index is 897. The van der Waals surface area contributed by atoms with Crippen molar-refractivity contribution in [1.29, 1.82) is 0 Å². The van der Waals surface area contributed by atoms with Crippen molar-refractivity contribution in [2.24, 2.45) is 5.10 Å². The summed E-state index contributed by atoms with van der Waals surface area (Å²) in [5.74, 6) is -0.476. The lowest BCUT2D eigenvalue weighted by molar-refractivity contribution is -0.136. The molecule has 0 spiro atoms. The van der Waals surface area contributed by atoms with E-state index >= 15 is 0 Å². The van der Waals surface area contributed by atoms with Gasteiger partial charge in [0.25, 0.3) is 0 Å². The lowest BCUT2D eigenvalue weighted by atomic mass is 10.2. The Morgan fingerprint density at radius 3 is 2.78 bits per heavy atom. The van der Waals surface area contributed by atoms with E-state index in [4.69, 9.17) is 14.2 Å². The monoisotopic (exact) mass is 371 g/mol. The molecule has 0 radical (unpaired) electrons. The number of nitrogens with one attached hydrogen (secondary N) is 2. The largest absolute Gasteiger partial charge is 0.504 e. The number of aromatic hydroxyl groups is 1. The molecule has 3 N–H and O–H groups in total. The number of carbonyl (C=O) groups excluding carboxylic acids is 2. The predicted octanol–water partition coefficient (Wildman–Crippen LogP) is 1.61. The number of hydrazone groups is 1. The van der Waals surface area contributed by atoms with Crippen LogP contribution in [0.25, 0.3) is 0 Å². The van der Waals surface area contributed by atoms with Gasteiger partial charge in [0.2, 0.25) is 6.79 Å². The van der Waals surface area contributed by atoms with Gasteiger partial charge in [0.05, 0.1) is 12.8 Å². The second kappa shape index (κ2) is 8.09. The van der Waals surface area contributed by atoms with Gasteiger partial charge in [0.1, 0.15) is 0 Å². The highest BCUT2D eigenvalue weighted by Gasteiger charge is 2.17. The minimum Gasteiger partial charge on any atom is -0.504 e. The number of carbonyl (C=O) groups is 2. The van der Waals surface area contributed by atoms with E-state index in [-0.39, 0.29) is 12.5 Å². The fourth-order valence-corrected chi connectivity index (χ4v) is 2.27. The van der Waals surface area contributed by atoms with Crippen LogP contribution in [-0.2, 0) is 9.59 Å². The van der Waals surface area contributed by atoms with E-state index < -0.39 is 11.8 Å². The molecule has 0 atom stereocenters. The number of anilines is 1. The quantitative estimate of drug-likeness (QED) is 0.417. The summed E-state index contributed by atoms with van der Waals surface area (Å²) in [6, 6.07) is 9.42. The Morgan fingerprint density at radius 1 is 1.19 bits per heavy atom. The van der Waals surface area contributed by atoms with Crippen molar-refractivity contribution in [2.45, 2.75) is 6.92 Å². The first kappa shape index (κ1) is 18.1. The van der Waals surface area contributed by atoms with E-state index in [9.17, 15) is 14.7 Å². The molecule has 0 bridgehead atoms. The van der Waals surface area contributed by atoms with Crippen molar-refractivity contribution in [3.05, 3.63) is 42.0 Å². The topological polar surface area (TPSA) is 118 Å². The summed E-state index contributed by atoms with van der Waals surface area (Å²) in [7, 11) is 0. The molecule has 9 nitrogen and oxygen atoms in total. The maximum Gasteiger partial charge on any atom is 0.329 e. The molecular weight excluding hydrogens is 354 g/mol. The molecular formula is C18H17N3O6. The van der Waals surface area contributed by atoms with Gasteiger partial charge < -0.3 is 24.6 Å². The molecule has 0 unspecified atom stereocenters. The van der Waals surface area contributed by atoms with Crippen LogP contribution >= 0.6 is 0 Å². The van der Waals surface area contributed by atoms with Crippen LogP contribution in [0.1, 0.15) is 12.5 Å². The molecule has 0 fully saturated rings. The van der Waals surface area contributed by atoms with Gasteiger partial charge in [-0.1, -0.05) is 0 Å². The summed E-state index contributed by atoms with van der Waals surface area (Å²) >= 11 is 0. The van der Waals surface area contributed by atoms with Gasteiger partial charge in [0.15, 0.2) is 23.0 Å². The molecule has 1 aliphatic rings. The fourth-order valence-electron chi connectivity index (χ4n) is 2.27. The van der Waals surface area contributed by atoms with Crippen LogP contribution in [0.3, 0.4) is 0 Å². The highest BCUT2D eigenvalue weighted by Crippen LogP contribution is 2.34. The fraction of sp³-hybridized carbons (Fsp3) is 0.167. The highest BCUT2D eigenvalue weighted by molar-refractivity contribution is 6.39. The van der Waals surface area contributed by atoms with E-state index in [0.717, 1.165) is 0 Å². The summed E-state index contributed by atoms with van der Waals surface area (Å²) < 4.78 is 15.6. The number of hydrogen-bond acceptors (Lipinski definition) is 7. The van der Waals surface area contributed by atoms with Crippen molar-refractivity contribution in [3.63, 3.8) is 0 Å². The van der Waals surface area contributed by atoms with E-state index in [2.05, 4.69) is 15.8 Å². The first-order valence-corrected chi connectivity index (χ1v) is 8.06. The van der Waals surface area contributed by atoms with Gasteiger partial charge >= 0.3 is 11.8 Å². The second-order valence-electron chi connectivity index (χ2n) is 5.38. The van der Waals surface area contributed by atoms with Crippen molar-refractivity contribution >= 4 is 23.7 Å². The average Bonchev–Trinajstić information content (AvgIpc) is 3.11. The molecule has 9 heteroatoms. The zero-order valence-electron chi connectivity index (χ0n) is 14.4. The predicted molar refractivity (Wildman–Crippen MR) is 96.2 cm³/mol. The second-order valence-corrected chi connectivity index (χ2v) is 5.38. The van der Waals surface area contributed by atoms with Crippen LogP contribution in [0.4, 0.5) is 5.69 Å². The molecule has 2 aromatic carbocycles. The molecule has 0 aliphatic carbocycles. The van der Waals surface area contributed by atoms with Gasteiger partial charge in [-0.3, -0.25) is 9.59 Å². The molecule has 1 aliphatic heterocycles. The highest BCUT2D eigenvalue weighted by atomic mass is 16.7. The number of hydrogen-bond donors (Lipinski definition) is 3. The van der Waals surface area contributed by atoms with Crippen molar-refractivity contribution in [2.75, 3.05) is 18.7 Å². The number of amides is 2. The molecule has 0 saturated carbocycles. The first-order valence-electron chi connectivity index (χ1n) is 8.06. The average molecular weight is 371 g/mol. The lowest BCUT2D eigenvalue weighted by Gasteiger charge is -2.06. The van der Waals surface area contributed by atoms with Crippen LogP contribution in [0, 0.1) is 0 Å². The van der Waals surface area contributed by atoms with Crippen LogP contribution in [0.15, 0.2) is 41.5 Å². The lowest BCUT2D eigenvalue weighted by Crippen LogP contribution is -2.32. The summed E-state index contributed by atoms with van der Waals surface area (Å²) in [6.45, 7) is 2.34.